The van der Waals surface area contributed by atoms with Gasteiger partial charge in [-0.15, -0.1) is 0 Å². The summed E-state index contributed by atoms with van der Waals surface area (Å²) in [7, 11) is -4.34. The molecule has 0 radical (unpaired) electrons. The van der Waals surface area contributed by atoms with E-state index in [0.717, 1.165) is 17.7 Å². The van der Waals surface area contributed by atoms with Crippen molar-refractivity contribution in [3.05, 3.63) is 98.6 Å². The minimum atomic E-state index is -4.34. The van der Waals surface area contributed by atoms with E-state index in [4.69, 9.17) is 11.6 Å². The lowest BCUT2D eigenvalue weighted by Gasteiger charge is -2.25. The number of carbonyl (C=O) groups excluding carboxylic acids is 1. The molecule has 154 valence electrons. The summed E-state index contributed by atoms with van der Waals surface area (Å²) in [5.41, 5.74) is 0.760. The number of nitro benzene ring substituents is 1. The molecule has 0 fully saturated rings. The second kappa shape index (κ2) is 8.25. The van der Waals surface area contributed by atoms with Gasteiger partial charge in [0.25, 0.3) is 21.6 Å². The fourth-order valence-corrected chi connectivity index (χ4v) is 4.57. The van der Waals surface area contributed by atoms with Gasteiger partial charge in [0, 0.05) is 12.1 Å². The zero-order valence-electron chi connectivity index (χ0n) is 16.1. The number of hydrogen-bond donors (Lipinski definition) is 0. The summed E-state index contributed by atoms with van der Waals surface area (Å²) in [5.74, 6) is -0.985. The van der Waals surface area contributed by atoms with Crippen LogP contribution in [0.3, 0.4) is 0 Å². The summed E-state index contributed by atoms with van der Waals surface area (Å²) < 4.78 is 27.6. The third kappa shape index (κ3) is 4.05. The molecule has 9 heteroatoms. The maximum Gasteiger partial charge on any atom is 0.274 e. The molecule has 0 atom stereocenters. The van der Waals surface area contributed by atoms with E-state index in [-0.39, 0.29) is 26.9 Å². The zero-order chi connectivity index (χ0) is 22.1. The Balaban J connectivity index is 2.28. The van der Waals surface area contributed by atoms with Gasteiger partial charge in [-0.05, 0) is 49.2 Å². The molecule has 7 nitrogen and oxygen atoms in total. The normalized spacial score (nSPS) is 11.2. The van der Waals surface area contributed by atoms with Crippen molar-refractivity contribution in [1.29, 1.82) is 0 Å². The number of non-ortho nitro benzene ring substituents is 1. The lowest BCUT2D eigenvalue weighted by molar-refractivity contribution is -0.384. The zero-order valence-corrected chi connectivity index (χ0v) is 17.6. The van der Waals surface area contributed by atoms with Crippen LogP contribution in [0.2, 0.25) is 5.02 Å². The van der Waals surface area contributed by atoms with E-state index < -0.39 is 20.9 Å². The van der Waals surface area contributed by atoms with Crippen molar-refractivity contribution in [2.45, 2.75) is 18.7 Å². The summed E-state index contributed by atoms with van der Waals surface area (Å²) >= 11 is 6.13. The highest BCUT2D eigenvalue weighted by Crippen LogP contribution is 2.32. The van der Waals surface area contributed by atoms with Gasteiger partial charge >= 0.3 is 0 Å². The minimum Gasteiger partial charge on any atom is -0.268 e. The van der Waals surface area contributed by atoms with E-state index in [0.29, 0.717) is 9.87 Å². The smallest absolute Gasteiger partial charge is 0.268 e. The molecule has 0 N–H and O–H groups in total. The van der Waals surface area contributed by atoms with Crippen LogP contribution in [0.5, 0.6) is 0 Å². The van der Waals surface area contributed by atoms with Crippen LogP contribution in [-0.4, -0.2) is 19.2 Å². The Bertz CT molecular complexity index is 1240. The predicted molar refractivity (Wildman–Crippen MR) is 114 cm³/mol. The number of benzene rings is 3. The molecule has 3 aromatic carbocycles. The van der Waals surface area contributed by atoms with E-state index in [1.54, 1.807) is 50.2 Å². The van der Waals surface area contributed by atoms with Crippen molar-refractivity contribution >= 4 is 38.9 Å². The molecule has 0 bridgehead atoms. The second-order valence-electron chi connectivity index (χ2n) is 6.60. The topological polar surface area (TPSA) is 97.6 Å². The molecule has 1 amide bonds. The molecule has 0 saturated heterocycles. The molecule has 0 heterocycles. The number of aryl methyl sites for hydroxylation is 2. The van der Waals surface area contributed by atoms with Gasteiger partial charge in [0.05, 0.1) is 26.1 Å². The molecule has 0 aliphatic heterocycles. The number of carbonyl (C=O) groups is 1. The number of halogens is 1. The Morgan fingerprint density at radius 2 is 1.67 bits per heavy atom. The van der Waals surface area contributed by atoms with E-state index in [2.05, 4.69) is 0 Å². The van der Waals surface area contributed by atoms with Crippen molar-refractivity contribution in [3.8, 4) is 0 Å². The molecule has 30 heavy (non-hydrogen) atoms. The summed E-state index contributed by atoms with van der Waals surface area (Å²) in [6.45, 7) is 3.44. The molecule has 0 aliphatic carbocycles. The lowest BCUT2D eigenvalue weighted by atomic mass is 10.1. The molecule has 0 aromatic heterocycles. The first-order valence-corrected chi connectivity index (χ1v) is 10.6. The Hall–Kier alpha value is -3.23. The van der Waals surface area contributed by atoms with Gasteiger partial charge in [-0.3, -0.25) is 14.9 Å². The van der Waals surface area contributed by atoms with Crippen LogP contribution in [-0.2, 0) is 10.0 Å². The number of nitrogens with zero attached hydrogens (tertiary/aromatic N) is 2. The van der Waals surface area contributed by atoms with Gasteiger partial charge in [-0.25, -0.2) is 8.42 Å². The molecular formula is C21H17ClN2O5S. The molecular weight excluding hydrogens is 428 g/mol. The van der Waals surface area contributed by atoms with Crippen molar-refractivity contribution in [2.75, 3.05) is 4.31 Å². The highest BCUT2D eigenvalue weighted by atomic mass is 35.5. The Morgan fingerprint density at radius 3 is 2.30 bits per heavy atom. The van der Waals surface area contributed by atoms with Gasteiger partial charge in [0.1, 0.15) is 0 Å². The summed E-state index contributed by atoms with van der Waals surface area (Å²) in [4.78, 5) is 23.9. The number of anilines is 1. The largest absolute Gasteiger partial charge is 0.274 e. The number of hydrogen-bond acceptors (Lipinski definition) is 5. The monoisotopic (exact) mass is 444 g/mol. The average molecular weight is 445 g/mol. The maximum atomic E-state index is 13.5. The van der Waals surface area contributed by atoms with Crippen LogP contribution in [0, 0.1) is 24.0 Å². The quantitative estimate of drug-likeness (QED) is 0.411. The lowest BCUT2D eigenvalue weighted by Crippen LogP contribution is -2.37. The van der Waals surface area contributed by atoms with Crippen LogP contribution < -0.4 is 4.31 Å². The number of amides is 1. The number of nitro groups is 1. The van der Waals surface area contributed by atoms with Crippen molar-refractivity contribution in [1.82, 2.24) is 0 Å². The standard InChI is InChI=1S/C21H17ClN2O5S/c1-14-8-9-15(2)20(12-14)23(30(28,29)17-6-4-3-5-7-17)21(25)18-13-16(24(26)27)10-11-19(18)22/h3-13H,1-2H3. The summed E-state index contributed by atoms with van der Waals surface area (Å²) in [6.07, 6.45) is 0. The van der Waals surface area contributed by atoms with Gasteiger partial charge in [-0.1, -0.05) is 41.9 Å². The van der Waals surface area contributed by atoms with Crippen LogP contribution in [0.15, 0.2) is 71.6 Å². The predicted octanol–water partition coefficient (Wildman–Crippen LogP) is 4.90. The molecule has 0 unspecified atom stereocenters. The van der Waals surface area contributed by atoms with Gasteiger partial charge in [-0.2, -0.15) is 4.31 Å². The maximum absolute atomic E-state index is 13.5. The van der Waals surface area contributed by atoms with Crippen LogP contribution in [0.1, 0.15) is 21.5 Å². The first-order valence-electron chi connectivity index (χ1n) is 8.79. The van der Waals surface area contributed by atoms with Crippen molar-refractivity contribution in [2.24, 2.45) is 0 Å². The molecule has 3 rings (SSSR count). The summed E-state index contributed by atoms with van der Waals surface area (Å²) in [6, 6.07) is 15.8. The van der Waals surface area contributed by atoms with Crippen LogP contribution >= 0.6 is 11.6 Å². The van der Waals surface area contributed by atoms with Gasteiger partial charge < -0.3 is 0 Å². The Morgan fingerprint density at radius 1 is 1.00 bits per heavy atom. The third-order valence-corrected chi connectivity index (χ3v) is 6.48. The van der Waals surface area contributed by atoms with E-state index in [1.807, 2.05) is 0 Å². The average Bonchev–Trinajstić information content (AvgIpc) is 2.71. The summed E-state index contributed by atoms with van der Waals surface area (Å²) in [5, 5.41) is 11.1. The SMILES string of the molecule is Cc1ccc(C)c(N(C(=O)c2cc([N+](=O)[O-])ccc2Cl)S(=O)(=O)c2ccccc2)c1. The van der Waals surface area contributed by atoms with E-state index in [1.165, 1.54) is 18.2 Å². The van der Waals surface area contributed by atoms with Crippen molar-refractivity contribution < 1.29 is 18.1 Å². The number of rotatable bonds is 5. The Labute approximate surface area is 178 Å². The molecule has 3 aromatic rings. The molecule has 0 spiro atoms. The first kappa shape index (κ1) is 21.5. The highest BCUT2D eigenvalue weighted by molar-refractivity contribution is 7.93. The van der Waals surface area contributed by atoms with Gasteiger partial charge in [0.2, 0.25) is 0 Å². The minimum absolute atomic E-state index is 0.0934. The molecule has 0 aliphatic rings. The van der Waals surface area contributed by atoms with Crippen LogP contribution in [0.25, 0.3) is 0 Å². The fraction of sp³-hybridized carbons (Fsp3) is 0.0952. The van der Waals surface area contributed by atoms with Crippen LogP contribution in [0.4, 0.5) is 11.4 Å². The first-order chi connectivity index (χ1) is 14.1. The van der Waals surface area contributed by atoms with Crippen molar-refractivity contribution in [3.63, 3.8) is 0 Å². The number of sulfonamides is 1. The van der Waals surface area contributed by atoms with Gasteiger partial charge in [0.15, 0.2) is 0 Å². The van der Waals surface area contributed by atoms with E-state index in [9.17, 15) is 23.3 Å². The highest BCUT2D eigenvalue weighted by Gasteiger charge is 2.34. The Kier molecular flexibility index (Phi) is 5.91. The van der Waals surface area contributed by atoms with E-state index >= 15 is 0 Å². The fourth-order valence-electron chi connectivity index (χ4n) is 2.88. The second-order valence-corrected chi connectivity index (χ2v) is 8.79. The molecule has 0 saturated carbocycles. The third-order valence-electron chi connectivity index (χ3n) is 4.44.